The van der Waals surface area contributed by atoms with Crippen LogP contribution in [-0.2, 0) is 4.79 Å². The molecule has 0 aromatic carbocycles. The lowest BCUT2D eigenvalue weighted by atomic mass is 9.89. The van der Waals surface area contributed by atoms with Crippen molar-refractivity contribution < 1.29 is 9.59 Å². The number of fused-ring (bicyclic) bond motifs is 1. The second-order valence-corrected chi connectivity index (χ2v) is 9.25. The van der Waals surface area contributed by atoms with Crippen LogP contribution in [-0.4, -0.2) is 73.5 Å². The highest BCUT2D eigenvalue weighted by Gasteiger charge is 2.36. The first-order chi connectivity index (χ1) is 16.9. The number of nitrogens with one attached hydrogen (secondary N) is 1. The third kappa shape index (κ3) is 4.11. The Morgan fingerprint density at radius 2 is 1.94 bits per heavy atom. The normalized spacial score (nSPS) is 17.8. The molecule has 182 valence electrons. The summed E-state index contributed by atoms with van der Waals surface area (Å²) in [6.45, 7) is 2.82. The van der Waals surface area contributed by atoms with Crippen molar-refractivity contribution in [2.75, 3.05) is 25.9 Å². The highest BCUT2D eigenvalue weighted by Crippen LogP contribution is 2.37. The van der Waals surface area contributed by atoms with E-state index in [0.717, 1.165) is 36.8 Å². The van der Waals surface area contributed by atoms with Gasteiger partial charge in [0.25, 0.3) is 0 Å². The first kappa shape index (κ1) is 22.9. The lowest BCUT2D eigenvalue weighted by Gasteiger charge is -2.32. The van der Waals surface area contributed by atoms with Gasteiger partial charge in [-0.1, -0.05) is 0 Å². The number of carbonyl (C=O) groups is 2. The Bertz CT molecular complexity index is 1330. The number of rotatable bonds is 7. The number of aliphatic imine (C=N–C) groups is 1. The summed E-state index contributed by atoms with van der Waals surface area (Å²) in [5, 5.41) is 16.4. The molecule has 5 rings (SSSR count). The topological polar surface area (TPSA) is 148 Å². The van der Waals surface area contributed by atoms with E-state index < -0.39 is 6.04 Å². The molecular weight excluding hydrogens is 446 g/mol. The van der Waals surface area contributed by atoms with Crippen molar-refractivity contribution in [3.05, 3.63) is 29.8 Å². The van der Waals surface area contributed by atoms with E-state index in [1.807, 2.05) is 11.1 Å². The van der Waals surface area contributed by atoms with E-state index >= 15 is 0 Å². The largest absolute Gasteiger partial charge is 0.383 e. The lowest BCUT2D eigenvalue weighted by molar-refractivity contribution is -0.133. The number of anilines is 1. The number of piperidine rings is 1. The minimum absolute atomic E-state index is 0.0259. The predicted molar refractivity (Wildman–Crippen MR) is 132 cm³/mol. The number of nitrogens with two attached hydrogens (primary N) is 1. The van der Waals surface area contributed by atoms with E-state index in [9.17, 15) is 9.59 Å². The van der Waals surface area contributed by atoms with Crippen LogP contribution in [0.1, 0.15) is 60.6 Å². The molecular formula is C24H29N9O2. The minimum Gasteiger partial charge on any atom is -0.383 e. The van der Waals surface area contributed by atoms with Crippen LogP contribution in [0.15, 0.2) is 23.6 Å². The standard InChI is InChI=1S/C24H29N9O2/c1-14(34)20-21(15-5-7-31(8-6-15)24(35)16-3-4-16)30-23-19(12-29-33(23)22(20)26)17-10-28-32(13-17)18(9-25)11-27-2/h9-13,15-16,18,25H,3-8,26H2,1-2H3. The number of likely N-dealkylation sites (tertiary alicyclic amines) is 1. The van der Waals surface area contributed by atoms with E-state index in [1.165, 1.54) is 17.7 Å². The van der Waals surface area contributed by atoms with Gasteiger partial charge in [-0.25, -0.2) is 4.98 Å². The Balaban J connectivity index is 1.51. The molecule has 1 saturated heterocycles. The Hall–Kier alpha value is -3.89. The van der Waals surface area contributed by atoms with Gasteiger partial charge in [0.2, 0.25) is 5.91 Å². The van der Waals surface area contributed by atoms with Gasteiger partial charge < -0.3 is 16.0 Å². The van der Waals surface area contributed by atoms with Gasteiger partial charge in [-0.15, -0.1) is 0 Å². The summed E-state index contributed by atoms with van der Waals surface area (Å²) in [6, 6.07) is -0.392. The summed E-state index contributed by atoms with van der Waals surface area (Å²) in [6.07, 6.45) is 11.5. The summed E-state index contributed by atoms with van der Waals surface area (Å²) in [7, 11) is 1.65. The highest BCUT2D eigenvalue weighted by molar-refractivity contribution is 6.00. The third-order valence-electron chi connectivity index (χ3n) is 6.87. The minimum atomic E-state index is -0.392. The van der Waals surface area contributed by atoms with Crippen LogP contribution in [0.5, 0.6) is 0 Å². The molecule has 3 N–H and O–H groups in total. The number of hydrogen-bond donors (Lipinski definition) is 2. The molecule has 3 aromatic heterocycles. The first-order valence-electron chi connectivity index (χ1n) is 11.9. The van der Waals surface area contributed by atoms with Crippen LogP contribution in [0, 0.1) is 11.3 Å². The number of hydrogen-bond acceptors (Lipinski definition) is 8. The van der Waals surface area contributed by atoms with Gasteiger partial charge in [-0.2, -0.15) is 14.7 Å². The molecule has 4 heterocycles. The molecule has 0 radical (unpaired) electrons. The third-order valence-corrected chi connectivity index (χ3v) is 6.87. The SMILES string of the molecule is CN=CC(C=N)n1cc(-c2cnn3c(N)c(C(C)=O)c(C4CCN(C(=O)C5CC5)CC4)nc23)cn1. The first-order valence-corrected chi connectivity index (χ1v) is 11.9. The summed E-state index contributed by atoms with van der Waals surface area (Å²) in [5.41, 5.74) is 9.59. The zero-order valence-electron chi connectivity index (χ0n) is 19.9. The van der Waals surface area contributed by atoms with Gasteiger partial charge >= 0.3 is 0 Å². The molecule has 2 aliphatic rings. The zero-order chi connectivity index (χ0) is 24.7. The molecule has 1 aliphatic carbocycles. The maximum Gasteiger partial charge on any atom is 0.225 e. The van der Waals surface area contributed by atoms with Gasteiger partial charge in [-0.05, 0) is 32.6 Å². The van der Waals surface area contributed by atoms with Gasteiger partial charge in [0.05, 0.1) is 23.7 Å². The average Bonchev–Trinajstić information content (AvgIpc) is 3.44. The van der Waals surface area contributed by atoms with Gasteiger partial charge in [0.15, 0.2) is 11.4 Å². The van der Waals surface area contributed by atoms with E-state index in [4.69, 9.17) is 16.1 Å². The molecule has 11 nitrogen and oxygen atoms in total. The highest BCUT2D eigenvalue weighted by atomic mass is 16.2. The van der Waals surface area contributed by atoms with Gasteiger partial charge in [0.1, 0.15) is 11.9 Å². The Kier molecular flexibility index (Phi) is 5.91. The zero-order valence-corrected chi connectivity index (χ0v) is 19.9. The average molecular weight is 476 g/mol. The molecule has 0 bridgehead atoms. The number of nitrogens with zero attached hydrogens (tertiary/aromatic N) is 7. The maximum atomic E-state index is 12.6. The fourth-order valence-corrected chi connectivity index (χ4v) is 4.84. The number of ketones is 1. The molecule has 1 unspecified atom stereocenters. The smallest absolute Gasteiger partial charge is 0.225 e. The molecule has 3 aromatic rings. The molecule has 1 aliphatic heterocycles. The van der Waals surface area contributed by atoms with Crippen molar-refractivity contribution in [1.29, 1.82) is 5.41 Å². The molecule has 35 heavy (non-hydrogen) atoms. The molecule has 1 saturated carbocycles. The number of nitrogen functional groups attached to an aromatic ring is 1. The monoisotopic (exact) mass is 475 g/mol. The Morgan fingerprint density at radius 3 is 2.57 bits per heavy atom. The molecule has 11 heteroatoms. The van der Waals surface area contributed by atoms with Crippen LogP contribution < -0.4 is 5.73 Å². The van der Waals surface area contributed by atoms with Gasteiger partial charge in [0, 0.05) is 61.7 Å². The van der Waals surface area contributed by atoms with Crippen molar-refractivity contribution in [2.45, 2.75) is 44.6 Å². The summed E-state index contributed by atoms with van der Waals surface area (Å²) in [4.78, 5) is 36.0. The summed E-state index contributed by atoms with van der Waals surface area (Å²) >= 11 is 0. The van der Waals surface area contributed by atoms with Crippen molar-refractivity contribution in [3.63, 3.8) is 0 Å². The van der Waals surface area contributed by atoms with Crippen LogP contribution in [0.3, 0.4) is 0 Å². The van der Waals surface area contributed by atoms with E-state index in [0.29, 0.717) is 30.0 Å². The van der Waals surface area contributed by atoms with Crippen molar-refractivity contribution >= 4 is 35.6 Å². The Morgan fingerprint density at radius 1 is 1.20 bits per heavy atom. The number of Topliss-reactive ketones (excluding diaryl/α,β-unsaturated/α-hetero) is 1. The lowest BCUT2D eigenvalue weighted by Crippen LogP contribution is -2.39. The number of amides is 1. The van der Waals surface area contributed by atoms with Crippen LogP contribution in [0.2, 0.25) is 0 Å². The van der Waals surface area contributed by atoms with Crippen LogP contribution in [0.4, 0.5) is 5.82 Å². The summed E-state index contributed by atoms with van der Waals surface area (Å²) in [5.74, 6) is 0.599. The Labute approximate surface area is 202 Å². The number of aromatic nitrogens is 5. The van der Waals surface area contributed by atoms with E-state index in [1.54, 1.807) is 30.3 Å². The van der Waals surface area contributed by atoms with Crippen LogP contribution in [0.25, 0.3) is 16.8 Å². The predicted octanol–water partition coefficient (Wildman–Crippen LogP) is 2.38. The fraction of sp³-hybridized carbons (Fsp3) is 0.458. The molecule has 1 amide bonds. The van der Waals surface area contributed by atoms with Crippen molar-refractivity contribution in [1.82, 2.24) is 29.3 Å². The second kappa shape index (κ2) is 9.05. The fourth-order valence-electron chi connectivity index (χ4n) is 4.84. The van der Waals surface area contributed by atoms with E-state index in [2.05, 4.69) is 15.2 Å². The molecule has 0 spiro atoms. The molecule has 1 atom stereocenters. The summed E-state index contributed by atoms with van der Waals surface area (Å²) < 4.78 is 3.14. The molecule has 2 fully saturated rings. The van der Waals surface area contributed by atoms with E-state index in [-0.39, 0.29) is 29.3 Å². The van der Waals surface area contributed by atoms with Crippen molar-refractivity contribution in [3.8, 4) is 11.1 Å². The van der Waals surface area contributed by atoms with Crippen LogP contribution >= 0.6 is 0 Å². The quantitative estimate of drug-likeness (QED) is 0.396. The number of carbonyl (C=O) groups excluding carboxylic acids is 2. The van der Waals surface area contributed by atoms with Crippen molar-refractivity contribution in [2.24, 2.45) is 10.9 Å². The van der Waals surface area contributed by atoms with Gasteiger partial charge in [-0.3, -0.25) is 19.3 Å². The maximum absolute atomic E-state index is 12.6. The second-order valence-electron chi connectivity index (χ2n) is 9.25.